The maximum Gasteiger partial charge on any atom is 0.314 e. The first-order valence-corrected chi connectivity index (χ1v) is 9.48. The second-order valence-electron chi connectivity index (χ2n) is 7.69. The van der Waals surface area contributed by atoms with Gasteiger partial charge in [-0.15, -0.1) is 0 Å². The molecular formula is C21H33NO5. The second kappa shape index (κ2) is 10.4. The van der Waals surface area contributed by atoms with E-state index in [1.165, 1.54) is 0 Å². The van der Waals surface area contributed by atoms with Crippen molar-refractivity contribution in [2.24, 2.45) is 23.7 Å². The average molecular weight is 379 g/mol. The number of likely N-dealkylation sites (N-methyl/N-ethyl adjacent to an activating group) is 1. The Morgan fingerprint density at radius 1 is 0.926 bits per heavy atom. The molecule has 0 amide bonds. The monoisotopic (exact) mass is 379 g/mol. The largest absolute Gasteiger partial charge is 0.422 e. The molecule has 2 N–H and O–H groups in total. The summed E-state index contributed by atoms with van der Waals surface area (Å²) in [7, 11) is 1.73. The van der Waals surface area contributed by atoms with Gasteiger partial charge in [-0.3, -0.25) is 9.59 Å². The molecule has 0 heterocycles. The molecule has 0 aliphatic heterocycles. The summed E-state index contributed by atoms with van der Waals surface area (Å²) in [6.45, 7) is 11.7. The van der Waals surface area contributed by atoms with E-state index in [1.54, 1.807) is 39.1 Å². The normalized spacial score (nSPS) is 14.7. The van der Waals surface area contributed by atoms with E-state index in [9.17, 15) is 14.7 Å². The van der Waals surface area contributed by atoms with Crippen LogP contribution in [0.15, 0.2) is 18.2 Å². The molecule has 0 bridgehead atoms. The van der Waals surface area contributed by atoms with Crippen LogP contribution in [0.3, 0.4) is 0 Å². The number of carbonyl (C=O) groups is 2. The fourth-order valence-corrected chi connectivity index (χ4v) is 2.15. The Morgan fingerprint density at radius 2 is 1.41 bits per heavy atom. The number of hydrogen-bond acceptors (Lipinski definition) is 6. The summed E-state index contributed by atoms with van der Waals surface area (Å²) in [5.41, 5.74) is 0.570. The number of aliphatic hydroxyl groups excluding tert-OH is 1. The smallest absolute Gasteiger partial charge is 0.314 e. The highest BCUT2D eigenvalue weighted by molar-refractivity contribution is 5.78. The molecule has 0 aliphatic carbocycles. The lowest BCUT2D eigenvalue weighted by Gasteiger charge is -2.19. The van der Waals surface area contributed by atoms with Gasteiger partial charge in [0.2, 0.25) is 0 Å². The van der Waals surface area contributed by atoms with Gasteiger partial charge >= 0.3 is 11.9 Å². The number of ether oxygens (including phenoxy) is 2. The molecule has 0 radical (unpaired) electrons. The summed E-state index contributed by atoms with van der Waals surface area (Å²) in [6.07, 6.45) is -0.769. The van der Waals surface area contributed by atoms with Crippen molar-refractivity contribution in [3.63, 3.8) is 0 Å². The number of carbonyl (C=O) groups excluding carboxylic acids is 2. The third-order valence-electron chi connectivity index (χ3n) is 4.91. The standard InChI is InChI=1S/C21H33NO5/c1-12(2)14(5)20(24)26-18-9-8-16(17(23)11-22-7)10-19(18)27-21(25)15(6)13(3)4/h8-10,12-15,17,22-23H,11H2,1-7H3. The molecule has 27 heavy (non-hydrogen) atoms. The van der Waals surface area contributed by atoms with E-state index in [4.69, 9.17) is 9.47 Å². The van der Waals surface area contributed by atoms with Crippen molar-refractivity contribution in [3.05, 3.63) is 23.8 Å². The topological polar surface area (TPSA) is 84.9 Å². The van der Waals surface area contributed by atoms with Gasteiger partial charge in [0, 0.05) is 6.54 Å². The average Bonchev–Trinajstić information content (AvgIpc) is 2.61. The third kappa shape index (κ3) is 6.63. The molecule has 0 saturated heterocycles. The van der Waals surface area contributed by atoms with E-state index < -0.39 is 12.1 Å². The molecule has 0 spiro atoms. The van der Waals surface area contributed by atoms with Gasteiger partial charge in [0.25, 0.3) is 0 Å². The van der Waals surface area contributed by atoms with E-state index in [2.05, 4.69) is 5.32 Å². The molecule has 1 rings (SSSR count). The van der Waals surface area contributed by atoms with Crippen LogP contribution in [-0.4, -0.2) is 30.6 Å². The van der Waals surface area contributed by atoms with Crippen molar-refractivity contribution in [2.45, 2.75) is 47.6 Å². The molecule has 1 aromatic carbocycles. The predicted molar refractivity (Wildman–Crippen MR) is 105 cm³/mol. The van der Waals surface area contributed by atoms with Crippen LogP contribution in [0.2, 0.25) is 0 Å². The number of esters is 2. The lowest BCUT2D eigenvalue weighted by Crippen LogP contribution is -2.25. The van der Waals surface area contributed by atoms with E-state index in [-0.39, 0.29) is 41.1 Å². The summed E-state index contributed by atoms with van der Waals surface area (Å²) in [6, 6.07) is 4.77. The van der Waals surface area contributed by atoms with Crippen molar-refractivity contribution in [1.82, 2.24) is 5.32 Å². The predicted octanol–water partition coefficient (Wildman–Crippen LogP) is 3.33. The molecule has 0 aliphatic rings. The lowest BCUT2D eigenvalue weighted by molar-refractivity contribution is -0.142. The van der Waals surface area contributed by atoms with E-state index in [0.29, 0.717) is 12.1 Å². The quantitative estimate of drug-likeness (QED) is 0.506. The van der Waals surface area contributed by atoms with Crippen molar-refractivity contribution >= 4 is 11.9 Å². The minimum Gasteiger partial charge on any atom is -0.422 e. The molecule has 1 aromatic rings. The summed E-state index contributed by atoms with van der Waals surface area (Å²) < 4.78 is 11.0. The minimum atomic E-state index is -0.769. The summed E-state index contributed by atoms with van der Waals surface area (Å²) in [5.74, 6) is -0.834. The summed E-state index contributed by atoms with van der Waals surface area (Å²) in [4.78, 5) is 24.7. The van der Waals surface area contributed by atoms with Crippen molar-refractivity contribution in [3.8, 4) is 11.5 Å². The van der Waals surface area contributed by atoms with Gasteiger partial charge in [-0.05, 0) is 36.6 Å². The zero-order valence-corrected chi connectivity index (χ0v) is 17.4. The maximum absolute atomic E-state index is 12.4. The number of rotatable bonds is 9. The molecular weight excluding hydrogens is 346 g/mol. The van der Waals surface area contributed by atoms with Crippen LogP contribution < -0.4 is 14.8 Å². The number of nitrogens with one attached hydrogen (secondary N) is 1. The summed E-state index contributed by atoms with van der Waals surface area (Å²) >= 11 is 0. The van der Waals surface area contributed by atoms with E-state index in [1.807, 2.05) is 27.7 Å². The molecule has 0 saturated carbocycles. The highest BCUT2D eigenvalue weighted by Crippen LogP contribution is 2.32. The van der Waals surface area contributed by atoms with Crippen LogP contribution in [0.25, 0.3) is 0 Å². The molecule has 0 aromatic heterocycles. The first kappa shape index (κ1) is 23.1. The molecule has 3 atom stereocenters. The number of hydrogen-bond donors (Lipinski definition) is 2. The Labute approximate surface area is 162 Å². The first-order chi connectivity index (χ1) is 12.6. The van der Waals surface area contributed by atoms with Crippen LogP contribution in [0.1, 0.15) is 53.2 Å². The number of benzene rings is 1. The van der Waals surface area contributed by atoms with Crippen LogP contribution in [0.5, 0.6) is 11.5 Å². The van der Waals surface area contributed by atoms with Gasteiger partial charge in [-0.1, -0.05) is 47.6 Å². The molecule has 6 nitrogen and oxygen atoms in total. The van der Waals surface area contributed by atoms with Gasteiger partial charge in [-0.2, -0.15) is 0 Å². The Kier molecular flexibility index (Phi) is 8.93. The van der Waals surface area contributed by atoms with Crippen LogP contribution >= 0.6 is 0 Å². The van der Waals surface area contributed by atoms with E-state index >= 15 is 0 Å². The van der Waals surface area contributed by atoms with Crippen LogP contribution in [-0.2, 0) is 9.59 Å². The van der Waals surface area contributed by atoms with Gasteiger partial charge in [0.05, 0.1) is 17.9 Å². The fourth-order valence-electron chi connectivity index (χ4n) is 2.15. The molecule has 0 fully saturated rings. The maximum atomic E-state index is 12.4. The van der Waals surface area contributed by atoms with Gasteiger partial charge in [0.1, 0.15) is 0 Å². The lowest BCUT2D eigenvalue weighted by atomic mass is 9.98. The highest BCUT2D eigenvalue weighted by atomic mass is 16.6. The minimum absolute atomic E-state index is 0.113. The second-order valence-corrected chi connectivity index (χ2v) is 7.69. The van der Waals surface area contributed by atoms with Gasteiger partial charge < -0.3 is 19.9 Å². The Hall–Kier alpha value is -1.92. The SMILES string of the molecule is CNCC(O)c1ccc(OC(=O)C(C)C(C)C)c(OC(=O)C(C)C(C)C)c1. The highest BCUT2D eigenvalue weighted by Gasteiger charge is 2.24. The zero-order chi connectivity index (χ0) is 20.7. The van der Waals surface area contributed by atoms with Crippen LogP contribution in [0, 0.1) is 23.7 Å². The first-order valence-electron chi connectivity index (χ1n) is 9.48. The Morgan fingerprint density at radius 3 is 1.85 bits per heavy atom. The third-order valence-corrected chi connectivity index (χ3v) is 4.91. The van der Waals surface area contributed by atoms with E-state index in [0.717, 1.165) is 0 Å². The van der Waals surface area contributed by atoms with Gasteiger partial charge in [-0.25, -0.2) is 0 Å². The fraction of sp³-hybridized carbons (Fsp3) is 0.619. The van der Waals surface area contributed by atoms with Crippen molar-refractivity contribution < 1.29 is 24.2 Å². The van der Waals surface area contributed by atoms with Gasteiger partial charge in [0.15, 0.2) is 11.5 Å². The van der Waals surface area contributed by atoms with Crippen molar-refractivity contribution in [2.75, 3.05) is 13.6 Å². The Bertz CT molecular complexity index is 641. The zero-order valence-electron chi connectivity index (χ0n) is 17.4. The number of aliphatic hydroxyl groups is 1. The molecule has 152 valence electrons. The Balaban J connectivity index is 3.16. The van der Waals surface area contributed by atoms with Crippen LogP contribution in [0.4, 0.5) is 0 Å². The molecule has 6 heteroatoms. The molecule has 3 unspecified atom stereocenters. The summed E-state index contributed by atoms with van der Waals surface area (Å²) in [5, 5.41) is 13.1. The van der Waals surface area contributed by atoms with Crippen molar-refractivity contribution in [1.29, 1.82) is 0 Å².